The van der Waals surface area contributed by atoms with Crippen molar-refractivity contribution in [3.63, 3.8) is 0 Å². The molecule has 0 saturated carbocycles. The van der Waals surface area contributed by atoms with Gasteiger partial charge in [-0.3, -0.25) is 4.98 Å². The number of nitrogens with zero attached hydrogens (tertiary/aromatic N) is 2. The Morgan fingerprint density at radius 3 is 2.61 bits per heavy atom. The number of rotatable bonds is 4. The molecule has 116 valence electrons. The largest absolute Gasteiger partial charge is 0.454 e. The lowest BCUT2D eigenvalue weighted by Gasteiger charge is -2.02. The van der Waals surface area contributed by atoms with E-state index in [0.29, 0.717) is 17.0 Å². The molecule has 0 aliphatic heterocycles. The van der Waals surface area contributed by atoms with Gasteiger partial charge in [0.2, 0.25) is 0 Å². The van der Waals surface area contributed by atoms with Gasteiger partial charge in [-0.1, -0.05) is 35.0 Å². The fourth-order valence-electron chi connectivity index (χ4n) is 2.05. The molecule has 0 bridgehead atoms. The lowest BCUT2D eigenvalue weighted by Crippen LogP contribution is -2.05. The first kappa shape index (κ1) is 15.0. The first-order chi connectivity index (χ1) is 11.1. The quantitative estimate of drug-likeness (QED) is 0.687. The summed E-state index contributed by atoms with van der Waals surface area (Å²) in [5.41, 5.74) is 4.11. The second-order valence-corrected chi connectivity index (χ2v) is 5.31. The highest BCUT2D eigenvalue weighted by Gasteiger charge is 2.11. The Bertz CT molecular complexity index is 805. The van der Waals surface area contributed by atoms with Crippen LogP contribution < -0.4 is 0 Å². The number of carbonyl (C=O) groups excluding carboxylic acids is 1. The SMILES string of the molecule is Cc1ccc(-c2cc(COC(=O)c3ccc(C)nc3)on2)cc1. The Labute approximate surface area is 133 Å². The van der Waals surface area contributed by atoms with E-state index in [0.717, 1.165) is 11.3 Å². The Balaban J connectivity index is 1.64. The van der Waals surface area contributed by atoms with Gasteiger partial charge in [0.1, 0.15) is 5.69 Å². The molecule has 0 amide bonds. The van der Waals surface area contributed by atoms with Gasteiger partial charge in [0.05, 0.1) is 5.56 Å². The van der Waals surface area contributed by atoms with Crippen molar-refractivity contribution in [3.05, 3.63) is 71.2 Å². The molecule has 0 spiro atoms. The van der Waals surface area contributed by atoms with Gasteiger partial charge in [0.15, 0.2) is 12.4 Å². The van der Waals surface area contributed by atoms with E-state index in [-0.39, 0.29) is 6.61 Å². The Morgan fingerprint density at radius 2 is 1.91 bits per heavy atom. The van der Waals surface area contributed by atoms with Crippen LogP contribution in [0.15, 0.2) is 53.2 Å². The van der Waals surface area contributed by atoms with Crippen molar-refractivity contribution in [3.8, 4) is 11.3 Å². The second-order valence-electron chi connectivity index (χ2n) is 5.31. The number of esters is 1. The average Bonchev–Trinajstić information content (AvgIpc) is 3.03. The summed E-state index contributed by atoms with van der Waals surface area (Å²) in [4.78, 5) is 16.0. The number of carbonyl (C=O) groups is 1. The van der Waals surface area contributed by atoms with Crippen molar-refractivity contribution in [1.82, 2.24) is 10.1 Å². The van der Waals surface area contributed by atoms with Crippen LogP contribution in [0.4, 0.5) is 0 Å². The maximum absolute atomic E-state index is 11.9. The zero-order valence-corrected chi connectivity index (χ0v) is 12.9. The fourth-order valence-corrected chi connectivity index (χ4v) is 2.05. The number of aryl methyl sites for hydroxylation is 2. The highest BCUT2D eigenvalue weighted by atomic mass is 16.5. The van der Waals surface area contributed by atoms with Crippen LogP contribution in [0, 0.1) is 13.8 Å². The molecule has 0 saturated heterocycles. The molecule has 0 atom stereocenters. The molecule has 0 aliphatic carbocycles. The summed E-state index contributed by atoms with van der Waals surface area (Å²) in [6.45, 7) is 3.92. The third-order valence-electron chi connectivity index (χ3n) is 3.40. The van der Waals surface area contributed by atoms with Crippen LogP contribution in [0.1, 0.15) is 27.4 Å². The molecular weight excluding hydrogens is 292 g/mol. The van der Waals surface area contributed by atoms with Crippen molar-refractivity contribution in [2.24, 2.45) is 0 Å². The van der Waals surface area contributed by atoms with Crippen molar-refractivity contribution in [2.75, 3.05) is 0 Å². The molecule has 5 heteroatoms. The van der Waals surface area contributed by atoms with Crippen LogP contribution in [0.5, 0.6) is 0 Å². The third kappa shape index (κ3) is 3.63. The van der Waals surface area contributed by atoms with Gasteiger partial charge >= 0.3 is 5.97 Å². The summed E-state index contributed by atoms with van der Waals surface area (Å²) in [5, 5.41) is 4.00. The lowest BCUT2D eigenvalue weighted by molar-refractivity contribution is 0.0437. The van der Waals surface area contributed by atoms with Crippen LogP contribution in [-0.2, 0) is 11.3 Å². The number of aromatic nitrogens is 2. The average molecular weight is 308 g/mol. The van der Waals surface area contributed by atoms with Gasteiger partial charge < -0.3 is 9.26 Å². The molecule has 0 fully saturated rings. The van der Waals surface area contributed by atoms with Gasteiger partial charge in [0, 0.05) is 23.5 Å². The first-order valence-corrected chi connectivity index (χ1v) is 7.24. The summed E-state index contributed by atoms with van der Waals surface area (Å²) >= 11 is 0. The fraction of sp³-hybridized carbons (Fsp3) is 0.167. The van der Waals surface area contributed by atoms with E-state index in [4.69, 9.17) is 9.26 Å². The minimum absolute atomic E-state index is 0.0333. The molecule has 0 N–H and O–H groups in total. The molecule has 0 radical (unpaired) electrons. The van der Waals surface area contributed by atoms with Crippen LogP contribution in [0.25, 0.3) is 11.3 Å². The summed E-state index contributed by atoms with van der Waals surface area (Å²) in [6, 6.07) is 13.2. The first-order valence-electron chi connectivity index (χ1n) is 7.24. The Morgan fingerprint density at radius 1 is 1.13 bits per heavy atom. The minimum Gasteiger partial charge on any atom is -0.454 e. The van der Waals surface area contributed by atoms with E-state index in [1.54, 1.807) is 18.2 Å². The van der Waals surface area contributed by atoms with Gasteiger partial charge in [-0.2, -0.15) is 0 Å². The van der Waals surface area contributed by atoms with Crippen molar-refractivity contribution < 1.29 is 14.1 Å². The van der Waals surface area contributed by atoms with E-state index >= 15 is 0 Å². The minimum atomic E-state index is -0.439. The zero-order valence-electron chi connectivity index (χ0n) is 12.9. The van der Waals surface area contributed by atoms with E-state index in [1.165, 1.54) is 11.8 Å². The van der Waals surface area contributed by atoms with Crippen LogP contribution >= 0.6 is 0 Å². The van der Waals surface area contributed by atoms with E-state index in [1.807, 2.05) is 38.1 Å². The molecule has 5 nitrogen and oxygen atoms in total. The van der Waals surface area contributed by atoms with Crippen LogP contribution in [0.2, 0.25) is 0 Å². The van der Waals surface area contributed by atoms with E-state index in [2.05, 4.69) is 10.1 Å². The summed E-state index contributed by atoms with van der Waals surface area (Å²) in [5.74, 6) is 0.0554. The maximum Gasteiger partial charge on any atom is 0.340 e. The summed E-state index contributed by atoms with van der Waals surface area (Å²) in [7, 11) is 0. The predicted molar refractivity (Wildman–Crippen MR) is 84.8 cm³/mol. The number of hydrogen-bond donors (Lipinski definition) is 0. The summed E-state index contributed by atoms with van der Waals surface area (Å²) in [6.07, 6.45) is 1.50. The number of pyridine rings is 1. The third-order valence-corrected chi connectivity index (χ3v) is 3.40. The molecule has 0 aliphatic rings. The highest BCUT2D eigenvalue weighted by molar-refractivity contribution is 5.88. The molecule has 3 rings (SSSR count). The molecule has 0 unspecified atom stereocenters. The van der Waals surface area contributed by atoms with Crippen LogP contribution in [-0.4, -0.2) is 16.1 Å². The van der Waals surface area contributed by atoms with Crippen molar-refractivity contribution >= 4 is 5.97 Å². The highest BCUT2D eigenvalue weighted by Crippen LogP contribution is 2.20. The smallest absolute Gasteiger partial charge is 0.340 e. The number of hydrogen-bond acceptors (Lipinski definition) is 5. The van der Waals surface area contributed by atoms with Crippen molar-refractivity contribution in [1.29, 1.82) is 0 Å². The molecule has 2 heterocycles. The molecule has 23 heavy (non-hydrogen) atoms. The molecular formula is C18H16N2O3. The van der Waals surface area contributed by atoms with Gasteiger partial charge in [0.25, 0.3) is 0 Å². The Kier molecular flexibility index (Phi) is 4.19. The van der Waals surface area contributed by atoms with Gasteiger partial charge in [-0.15, -0.1) is 0 Å². The van der Waals surface area contributed by atoms with Crippen LogP contribution in [0.3, 0.4) is 0 Å². The number of benzene rings is 1. The molecule has 1 aromatic carbocycles. The van der Waals surface area contributed by atoms with Gasteiger partial charge in [-0.05, 0) is 26.0 Å². The monoisotopic (exact) mass is 308 g/mol. The second kappa shape index (κ2) is 6.44. The molecule has 2 aromatic heterocycles. The summed E-state index contributed by atoms with van der Waals surface area (Å²) < 4.78 is 10.4. The Hall–Kier alpha value is -2.95. The number of ether oxygens (including phenoxy) is 1. The standard InChI is InChI=1S/C18H16N2O3/c1-12-3-6-14(7-4-12)17-9-16(23-20-17)11-22-18(21)15-8-5-13(2)19-10-15/h3-10H,11H2,1-2H3. The topological polar surface area (TPSA) is 65.2 Å². The predicted octanol–water partition coefficient (Wildman–Crippen LogP) is 3.71. The normalized spacial score (nSPS) is 10.5. The maximum atomic E-state index is 11.9. The zero-order chi connectivity index (χ0) is 16.2. The van der Waals surface area contributed by atoms with Crippen molar-refractivity contribution in [2.45, 2.75) is 20.5 Å². The van der Waals surface area contributed by atoms with E-state index in [9.17, 15) is 4.79 Å². The molecule has 3 aromatic rings. The van der Waals surface area contributed by atoms with Gasteiger partial charge in [-0.25, -0.2) is 4.79 Å². The lowest BCUT2D eigenvalue weighted by atomic mass is 10.1. The van der Waals surface area contributed by atoms with E-state index < -0.39 is 5.97 Å².